The van der Waals surface area contributed by atoms with Gasteiger partial charge in [0.25, 0.3) is 0 Å². The summed E-state index contributed by atoms with van der Waals surface area (Å²) in [5, 5.41) is 6.43. The van der Waals surface area contributed by atoms with Gasteiger partial charge >= 0.3 is 6.03 Å². The highest BCUT2D eigenvalue weighted by atomic mass is 32.2. The molecule has 2 aromatic carbocycles. The van der Waals surface area contributed by atoms with E-state index in [4.69, 9.17) is 4.74 Å². The first kappa shape index (κ1) is 28.9. The van der Waals surface area contributed by atoms with Gasteiger partial charge < -0.3 is 19.9 Å². The quantitative estimate of drug-likeness (QED) is 0.431. The third-order valence-corrected chi connectivity index (χ3v) is 7.82. The van der Waals surface area contributed by atoms with E-state index in [1.54, 1.807) is 31.6 Å². The van der Waals surface area contributed by atoms with Crippen molar-refractivity contribution in [3.05, 3.63) is 71.3 Å². The van der Waals surface area contributed by atoms with Crippen LogP contribution >= 0.6 is 11.8 Å². The third-order valence-electron chi connectivity index (χ3n) is 7.18. The molecule has 0 radical (unpaired) electrons. The summed E-state index contributed by atoms with van der Waals surface area (Å²) in [5.41, 5.74) is 3.26. The lowest BCUT2D eigenvalue weighted by atomic mass is 10.0. The highest BCUT2D eigenvalue weighted by Crippen LogP contribution is 2.28. The Kier molecular flexibility index (Phi) is 10.2. The van der Waals surface area contributed by atoms with Gasteiger partial charge in [0, 0.05) is 19.6 Å². The number of hydrazine groups is 1. The maximum Gasteiger partial charge on any atom is 0.334 e. The molecule has 1 N–H and O–H groups in total. The van der Waals surface area contributed by atoms with Crippen LogP contribution in [-0.2, 0) is 27.5 Å². The minimum atomic E-state index is -0.607. The monoisotopic (exact) mass is 553 g/mol. The van der Waals surface area contributed by atoms with Gasteiger partial charge in [-0.05, 0) is 36.5 Å². The number of fused-ring (bicyclic) bond motifs is 1. The average molecular weight is 554 g/mol. The number of hydrogen-bond acceptors (Lipinski definition) is 6. The van der Waals surface area contributed by atoms with Crippen molar-refractivity contribution in [1.29, 1.82) is 0 Å². The number of thioether (sulfide) groups is 1. The molecular formula is C29H39N5O4S. The number of likely N-dealkylation sites (N-methyl/N-ethyl adjacent to an activating group) is 1. The lowest BCUT2D eigenvalue weighted by Gasteiger charge is -2.55. The van der Waals surface area contributed by atoms with Crippen LogP contribution in [0.15, 0.2) is 54.6 Å². The average Bonchev–Trinajstić information content (AvgIpc) is 2.95. The number of urea groups is 1. The summed E-state index contributed by atoms with van der Waals surface area (Å²) in [5.74, 6) is 0.536. The van der Waals surface area contributed by atoms with Crippen molar-refractivity contribution >= 4 is 29.6 Å². The van der Waals surface area contributed by atoms with Crippen LogP contribution in [0.2, 0.25) is 0 Å². The van der Waals surface area contributed by atoms with Gasteiger partial charge in [-0.1, -0.05) is 67.1 Å². The second-order valence-electron chi connectivity index (χ2n) is 9.87. The minimum absolute atomic E-state index is 0.0640. The summed E-state index contributed by atoms with van der Waals surface area (Å²) in [6.45, 7) is 6.37. The number of rotatable bonds is 11. The molecule has 0 saturated carbocycles. The van der Waals surface area contributed by atoms with Gasteiger partial charge in [-0.2, -0.15) is 11.8 Å². The van der Waals surface area contributed by atoms with E-state index in [9.17, 15) is 14.4 Å². The number of nitrogens with zero attached hydrogens (tertiary/aromatic N) is 4. The largest absolute Gasteiger partial charge is 0.375 e. The van der Waals surface area contributed by atoms with E-state index in [1.807, 2.05) is 62.6 Å². The molecule has 2 aliphatic rings. The van der Waals surface area contributed by atoms with Crippen molar-refractivity contribution in [2.75, 3.05) is 44.8 Å². The van der Waals surface area contributed by atoms with Crippen LogP contribution in [0.5, 0.6) is 0 Å². The Bertz CT molecular complexity index is 1120. The van der Waals surface area contributed by atoms with Gasteiger partial charge in [-0.25, -0.2) is 14.8 Å². The topological polar surface area (TPSA) is 85.4 Å². The lowest BCUT2D eigenvalue weighted by molar-refractivity contribution is -0.190. The number of hydrogen-bond donors (Lipinski definition) is 1. The van der Waals surface area contributed by atoms with Crippen LogP contribution < -0.4 is 5.32 Å². The molecule has 2 atom stereocenters. The maximum atomic E-state index is 13.6. The highest BCUT2D eigenvalue weighted by molar-refractivity contribution is 7.98. The fourth-order valence-corrected chi connectivity index (χ4v) is 5.53. The van der Waals surface area contributed by atoms with E-state index in [2.05, 4.69) is 17.4 Å². The first-order valence-electron chi connectivity index (χ1n) is 13.5. The number of aryl methyl sites for hydroxylation is 1. The Hall–Kier alpha value is -3.08. The Morgan fingerprint density at radius 1 is 1.08 bits per heavy atom. The van der Waals surface area contributed by atoms with E-state index < -0.39 is 12.2 Å². The van der Waals surface area contributed by atoms with E-state index in [0.29, 0.717) is 39.3 Å². The first-order chi connectivity index (χ1) is 18.9. The summed E-state index contributed by atoms with van der Waals surface area (Å²) in [4.78, 5) is 43.9. The molecule has 10 heteroatoms. The van der Waals surface area contributed by atoms with Crippen LogP contribution in [0.4, 0.5) is 4.79 Å². The molecule has 2 heterocycles. The molecule has 4 rings (SSSR count). The summed E-state index contributed by atoms with van der Waals surface area (Å²) >= 11 is 1.64. The molecular weight excluding hydrogens is 514 g/mol. The van der Waals surface area contributed by atoms with Crippen LogP contribution in [0.1, 0.15) is 30.0 Å². The summed E-state index contributed by atoms with van der Waals surface area (Å²) in [7, 11) is 0. The molecule has 39 heavy (non-hydrogen) atoms. The number of carbonyl (C=O) groups excluding carboxylic acids is 3. The first-order valence-corrected chi connectivity index (χ1v) is 14.9. The number of carbonyl (C=O) groups is 3. The van der Waals surface area contributed by atoms with E-state index in [1.165, 1.54) is 5.56 Å². The molecule has 0 aromatic heterocycles. The fraction of sp³-hybridized carbons (Fsp3) is 0.483. The van der Waals surface area contributed by atoms with Gasteiger partial charge in [0.2, 0.25) is 11.8 Å². The van der Waals surface area contributed by atoms with E-state index >= 15 is 0 Å². The number of benzene rings is 2. The van der Waals surface area contributed by atoms with Crippen molar-refractivity contribution in [3.63, 3.8) is 0 Å². The van der Waals surface area contributed by atoms with Gasteiger partial charge in [-0.15, -0.1) is 0 Å². The Labute approximate surface area is 235 Å². The zero-order valence-corrected chi connectivity index (χ0v) is 23.9. The highest BCUT2D eigenvalue weighted by Gasteiger charge is 2.50. The van der Waals surface area contributed by atoms with Crippen LogP contribution in [0.3, 0.4) is 0 Å². The SMILES string of the molecule is CCN1CC(=O)N2[C@@H](CCSC)C(=O)N(CCOCc3ccc(C)cc3)C[C@@H]2N1C(=O)NCc1ccccc1. The zero-order valence-electron chi connectivity index (χ0n) is 23.0. The minimum Gasteiger partial charge on any atom is -0.375 e. The molecule has 0 spiro atoms. The summed E-state index contributed by atoms with van der Waals surface area (Å²) in [6, 6.07) is 17.0. The summed E-state index contributed by atoms with van der Waals surface area (Å²) < 4.78 is 5.91. The Morgan fingerprint density at radius 3 is 2.51 bits per heavy atom. The van der Waals surface area contributed by atoms with Crippen molar-refractivity contribution in [1.82, 2.24) is 25.1 Å². The Morgan fingerprint density at radius 2 is 1.82 bits per heavy atom. The third kappa shape index (κ3) is 7.12. The molecule has 2 aliphatic heterocycles. The lowest BCUT2D eigenvalue weighted by Crippen LogP contribution is -2.76. The maximum absolute atomic E-state index is 13.6. The predicted molar refractivity (Wildman–Crippen MR) is 153 cm³/mol. The standard InChI is InChI=1S/C29H39N5O4S/c1-4-32-20-27(35)33-25(14-17-39-3)28(36)31(15-16-38-21-24-12-10-22(2)11-13-24)19-26(33)34(32)29(37)30-18-23-8-6-5-7-9-23/h5-13,25-26H,4,14-21H2,1-3H3,(H,30,37)/t25-,26-/m0/s1. The molecule has 4 amide bonds. The number of amides is 4. The molecule has 9 nitrogen and oxygen atoms in total. The molecule has 2 fully saturated rings. The van der Waals surface area contributed by atoms with Crippen molar-refractivity contribution in [2.24, 2.45) is 0 Å². The van der Waals surface area contributed by atoms with Gasteiger partial charge in [0.15, 0.2) is 0 Å². The van der Waals surface area contributed by atoms with E-state index in [0.717, 1.165) is 16.9 Å². The van der Waals surface area contributed by atoms with Crippen LogP contribution in [-0.4, -0.2) is 94.7 Å². The van der Waals surface area contributed by atoms with Crippen molar-refractivity contribution < 1.29 is 19.1 Å². The molecule has 0 unspecified atom stereocenters. The van der Waals surface area contributed by atoms with Gasteiger partial charge in [-0.3, -0.25) is 9.59 Å². The van der Waals surface area contributed by atoms with Crippen molar-refractivity contribution in [2.45, 2.75) is 45.6 Å². The second-order valence-corrected chi connectivity index (χ2v) is 10.9. The van der Waals surface area contributed by atoms with Crippen LogP contribution in [0, 0.1) is 6.92 Å². The smallest absolute Gasteiger partial charge is 0.334 e. The number of ether oxygens (including phenoxy) is 1. The Balaban J connectivity index is 1.49. The second kappa shape index (κ2) is 13.8. The molecule has 0 bridgehead atoms. The molecule has 210 valence electrons. The molecule has 0 aliphatic carbocycles. The van der Waals surface area contributed by atoms with Gasteiger partial charge in [0.05, 0.1) is 26.3 Å². The van der Waals surface area contributed by atoms with Gasteiger partial charge in [0.1, 0.15) is 12.2 Å². The van der Waals surface area contributed by atoms with Crippen LogP contribution in [0.25, 0.3) is 0 Å². The van der Waals surface area contributed by atoms with Crippen molar-refractivity contribution in [3.8, 4) is 0 Å². The fourth-order valence-electron chi connectivity index (χ4n) is 5.08. The normalized spacial score (nSPS) is 19.8. The molecule has 2 saturated heterocycles. The summed E-state index contributed by atoms with van der Waals surface area (Å²) in [6.07, 6.45) is 1.94. The zero-order chi connectivity index (χ0) is 27.8. The van der Waals surface area contributed by atoms with E-state index in [-0.39, 0.29) is 30.9 Å². The number of piperazine rings is 1. The predicted octanol–water partition coefficient (Wildman–Crippen LogP) is 3.09. The molecule has 2 aromatic rings. The number of nitrogens with one attached hydrogen (secondary N) is 1.